The number of benzene rings is 1. The first-order chi connectivity index (χ1) is 34.6. The molecule has 6 nitrogen and oxygen atoms in total. The fraction of sp³-hybridized carbons (Fsp3) is 0.500. The Kier molecular flexibility index (Phi) is 10.1. The molecule has 5 heterocycles. The van der Waals surface area contributed by atoms with E-state index in [1.165, 1.54) is 110 Å². The third kappa shape index (κ3) is 6.19. The second-order valence-corrected chi connectivity index (χ2v) is 23.6. The largest absolute Gasteiger partial charge is 0.359 e. The van der Waals surface area contributed by atoms with Gasteiger partial charge in [-0.15, -0.1) is 0 Å². The third-order valence-electron chi connectivity index (χ3n) is 20.3. The van der Waals surface area contributed by atoms with Crippen molar-refractivity contribution in [1.82, 2.24) is 19.6 Å². The number of allylic oxidation sites excluding steroid dienone is 11. The number of nitriles is 1. The first-order valence-electron chi connectivity index (χ1n) is 28.2. The molecule has 5 aliphatic heterocycles. The molecule has 356 valence electrons. The molecule has 15 atom stereocenters. The maximum atomic E-state index is 11.8. The zero-order valence-electron chi connectivity index (χ0n) is 41.3. The van der Waals surface area contributed by atoms with Crippen LogP contribution in [0.5, 0.6) is 0 Å². The molecule has 14 aliphatic rings. The Morgan fingerprint density at radius 2 is 1.70 bits per heavy atom. The minimum Gasteiger partial charge on any atom is -0.359 e. The highest BCUT2D eigenvalue weighted by Gasteiger charge is 2.67. The summed E-state index contributed by atoms with van der Waals surface area (Å²) in [5.74, 6) is 3.09. The number of hydrogen-bond donors (Lipinski definition) is 0. The first-order valence-corrected chi connectivity index (χ1v) is 28.2. The summed E-state index contributed by atoms with van der Waals surface area (Å²) in [6.07, 6.45) is 61.8. The maximum absolute atomic E-state index is 11.8. The van der Waals surface area contributed by atoms with Crippen LogP contribution < -0.4 is 0 Å². The Bertz CT molecular complexity index is 2860. The fourth-order valence-electron chi connectivity index (χ4n) is 17.7. The molecule has 0 amide bonds. The maximum Gasteiger partial charge on any atom is 0.289 e. The lowest BCUT2D eigenvalue weighted by Crippen LogP contribution is -2.62. The van der Waals surface area contributed by atoms with Crippen molar-refractivity contribution in [3.63, 3.8) is 0 Å². The number of amidine groups is 1. The average Bonchev–Trinajstić information content (AvgIpc) is 4.02. The van der Waals surface area contributed by atoms with Gasteiger partial charge in [0, 0.05) is 65.6 Å². The quantitative estimate of drug-likeness (QED) is 0.217. The molecule has 0 aromatic heterocycles. The molecular formula is C64H71N6+. The molecule has 15 rings (SSSR count). The molecule has 0 bridgehead atoms. The number of hydrogen-bond acceptors (Lipinski definition) is 5. The summed E-state index contributed by atoms with van der Waals surface area (Å²) in [5.41, 5.74) is 13.4. The predicted octanol–water partition coefficient (Wildman–Crippen LogP) is 12.3. The van der Waals surface area contributed by atoms with Crippen molar-refractivity contribution in [3.8, 4) is 6.07 Å². The Morgan fingerprint density at radius 1 is 0.757 bits per heavy atom. The van der Waals surface area contributed by atoms with E-state index in [1.807, 2.05) is 0 Å². The van der Waals surface area contributed by atoms with Gasteiger partial charge in [-0.2, -0.15) is 9.84 Å². The predicted molar refractivity (Wildman–Crippen MR) is 281 cm³/mol. The lowest BCUT2D eigenvalue weighted by molar-refractivity contribution is -0.594. The van der Waals surface area contributed by atoms with E-state index in [0.717, 1.165) is 32.1 Å². The van der Waals surface area contributed by atoms with E-state index in [9.17, 15) is 5.26 Å². The van der Waals surface area contributed by atoms with E-state index in [-0.39, 0.29) is 30.2 Å². The molecule has 0 spiro atoms. The van der Waals surface area contributed by atoms with Gasteiger partial charge in [0.05, 0.1) is 35.7 Å². The number of likely N-dealkylation sites (tertiary alicyclic amines) is 1. The fourth-order valence-corrected chi connectivity index (χ4v) is 17.7. The highest BCUT2D eigenvalue weighted by molar-refractivity contribution is 5.99. The molecule has 15 unspecified atom stereocenters. The molecule has 0 radical (unpaired) electrons. The molecule has 9 aliphatic carbocycles. The second-order valence-electron chi connectivity index (χ2n) is 23.6. The normalized spacial score (nSPS) is 40.8. The van der Waals surface area contributed by atoms with Gasteiger partial charge in [-0.1, -0.05) is 109 Å². The van der Waals surface area contributed by atoms with Crippen molar-refractivity contribution < 1.29 is 4.58 Å². The average molecular weight is 924 g/mol. The third-order valence-corrected chi connectivity index (χ3v) is 20.3. The molecule has 0 saturated carbocycles. The minimum atomic E-state index is -0.243. The summed E-state index contributed by atoms with van der Waals surface area (Å²) >= 11 is 0. The zero-order chi connectivity index (χ0) is 46.2. The summed E-state index contributed by atoms with van der Waals surface area (Å²) < 4.78 is 2.75. The van der Waals surface area contributed by atoms with Crippen LogP contribution in [0, 0.1) is 40.9 Å². The van der Waals surface area contributed by atoms with Crippen LogP contribution in [0.25, 0.3) is 5.57 Å². The highest BCUT2D eigenvalue weighted by Crippen LogP contribution is 2.59. The SMILES string of the molecule is CC1=CCCC2C3C=CCC4C3N(C3CC(N5C6=C(CC7C(=C6)C6C=CCCC6N7C6C=CCCC6)C6C=CC=CC65)C(C#N)C=C3C3=[N+](C5=CCCC=C5)C(c5cccc(C6=CCCCC6)c5)N34)C12. The summed E-state index contributed by atoms with van der Waals surface area (Å²) in [5, 5.41) is 11.8. The second kappa shape index (κ2) is 16.7. The van der Waals surface area contributed by atoms with E-state index in [4.69, 9.17) is 0 Å². The molecule has 70 heavy (non-hydrogen) atoms. The lowest BCUT2D eigenvalue weighted by Gasteiger charge is -2.47. The van der Waals surface area contributed by atoms with Crippen LogP contribution in [0.2, 0.25) is 0 Å². The Labute approximate surface area is 417 Å². The minimum absolute atomic E-state index is 0.0634. The smallest absolute Gasteiger partial charge is 0.289 e. The topological polar surface area (TPSA) is 39.8 Å². The standard InChI is InChI=1S/C64H71N6/c1-40-18-15-29-49-50-30-17-33-56-62(50)69(61(40)49)60-38-57(68-55-32-14-12-28-48(55)52-36-58-51(37-59(52)68)47-27-11-13-31-54(47)66(58)45-23-7-3-8-24-45)44(39-65)35-53(60)64-67(46-25-9-4-10-26-46)63(70(56)64)43-22-16-21-42(34-43)41-19-5-2-6-20-41/h7,9,11-12,14,16-19,21-23,25-28,30,32,34-35,37,44-45,47-50,54-58,60-63H,2-6,8,10,13,15,20,24,29,31,33,36,38H2,1H3/q+1. The van der Waals surface area contributed by atoms with Crippen molar-refractivity contribution in [2.45, 2.75) is 170 Å². The monoisotopic (exact) mass is 924 g/mol. The summed E-state index contributed by atoms with van der Waals surface area (Å²) in [7, 11) is 0. The van der Waals surface area contributed by atoms with Gasteiger partial charge in [0.2, 0.25) is 0 Å². The highest BCUT2D eigenvalue weighted by atomic mass is 15.5. The van der Waals surface area contributed by atoms with Crippen molar-refractivity contribution in [2.24, 2.45) is 29.6 Å². The Morgan fingerprint density at radius 3 is 2.57 bits per heavy atom. The lowest BCUT2D eigenvalue weighted by atomic mass is 9.74. The van der Waals surface area contributed by atoms with Crippen molar-refractivity contribution in [1.29, 1.82) is 5.26 Å². The number of fused-ring (bicyclic) bond motifs is 13. The summed E-state index contributed by atoms with van der Waals surface area (Å²) in [6, 6.07) is 16.0. The van der Waals surface area contributed by atoms with Gasteiger partial charge in [-0.3, -0.25) is 9.80 Å². The van der Waals surface area contributed by atoms with Gasteiger partial charge in [0.25, 0.3) is 12.0 Å². The Hall–Kier alpha value is -5.22. The van der Waals surface area contributed by atoms with Crippen LogP contribution in [0.15, 0.2) is 161 Å². The zero-order valence-corrected chi connectivity index (χ0v) is 41.3. The van der Waals surface area contributed by atoms with Crippen molar-refractivity contribution in [2.75, 3.05) is 0 Å². The first kappa shape index (κ1) is 42.5. The van der Waals surface area contributed by atoms with Crippen LogP contribution >= 0.6 is 0 Å². The van der Waals surface area contributed by atoms with Gasteiger partial charge in [0.1, 0.15) is 11.7 Å². The van der Waals surface area contributed by atoms with E-state index in [1.54, 1.807) is 16.7 Å². The van der Waals surface area contributed by atoms with Crippen LogP contribution in [0.1, 0.15) is 127 Å². The van der Waals surface area contributed by atoms with E-state index in [0.29, 0.717) is 59.9 Å². The Balaban J connectivity index is 0.899. The van der Waals surface area contributed by atoms with Crippen molar-refractivity contribution in [3.05, 3.63) is 172 Å². The molecule has 0 N–H and O–H groups in total. The van der Waals surface area contributed by atoms with E-state index in [2.05, 4.69) is 165 Å². The van der Waals surface area contributed by atoms with Gasteiger partial charge in [0.15, 0.2) is 0 Å². The van der Waals surface area contributed by atoms with Gasteiger partial charge < -0.3 is 4.90 Å². The van der Waals surface area contributed by atoms with Crippen LogP contribution in [0.4, 0.5) is 0 Å². The van der Waals surface area contributed by atoms with Gasteiger partial charge in [-0.05, 0) is 156 Å². The summed E-state index contributed by atoms with van der Waals surface area (Å²) in [6.45, 7) is 2.46. The van der Waals surface area contributed by atoms with E-state index < -0.39 is 0 Å². The molecule has 1 aromatic rings. The molecular weight excluding hydrogens is 853 g/mol. The molecule has 6 heteroatoms. The van der Waals surface area contributed by atoms with Crippen molar-refractivity contribution >= 4 is 11.4 Å². The van der Waals surface area contributed by atoms with Gasteiger partial charge >= 0.3 is 0 Å². The van der Waals surface area contributed by atoms with Crippen LogP contribution in [0.3, 0.4) is 0 Å². The van der Waals surface area contributed by atoms with Crippen LogP contribution in [-0.4, -0.2) is 84.4 Å². The molecule has 3 saturated heterocycles. The number of nitrogens with zero attached hydrogens (tertiary/aromatic N) is 6. The summed E-state index contributed by atoms with van der Waals surface area (Å²) in [4.78, 5) is 11.9. The van der Waals surface area contributed by atoms with Crippen LogP contribution in [-0.2, 0) is 0 Å². The molecule has 3 fully saturated rings. The van der Waals surface area contributed by atoms with E-state index >= 15 is 0 Å². The van der Waals surface area contributed by atoms with Gasteiger partial charge in [-0.25, -0.2) is 4.90 Å². The molecule has 1 aromatic carbocycles. The number of rotatable bonds is 5.